The average Bonchev–Trinajstić information content (AvgIpc) is 2.91. The number of methoxy groups -OCH3 is 1. The van der Waals surface area contributed by atoms with Crippen LogP contribution in [0, 0.1) is 13.8 Å². The van der Waals surface area contributed by atoms with Crippen molar-refractivity contribution >= 4 is 27.5 Å². The molecule has 3 rings (SSSR count). The highest BCUT2D eigenvalue weighted by molar-refractivity contribution is 7.19. The molecule has 0 amide bonds. The number of thiophene rings is 1. The molecule has 0 bridgehead atoms. The summed E-state index contributed by atoms with van der Waals surface area (Å²) in [5, 5.41) is 9.39. The lowest BCUT2D eigenvalue weighted by molar-refractivity contribution is -0.137. The Morgan fingerprint density at radius 1 is 1.36 bits per heavy atom. The van der Waals surface area contributed by atoms with Crippen LogP contribution in [0.5, 0.6) is 5.75 Å². The minimum Gasteiger partial charge on any atom is -0.496 e. The molecule has 0 radical (unpaired) electrons. The summed E-state index contributed by atoms with van der Waals surface area (Å²) in [6, 6.07) is 5.79. The predicted molar refractivity (Wildman–Crippen MR) is 97.6 cm³/mol. The van der Waals surface area contributed by atoms with Gasteiger partial charge >= 0.3 is 5.97 Å². The monoisotopic (exact) mass is 358 g/mol. The fraction of sp³-hybridized carbons (Fsp3) is 0.278. The molecule has 0 atom stereocenters. The van der Waals surface area contributed by atoms with Gasteiger partial charge in [-0.15, -0.1) is 11.3 Å². The van der Waals surface area contributed by atoms with Crippen molar-refractivity contribution in [3.05, 3.63) is 45.3 Å². The van der Waals surface area contributed by atoms with Crippen molar-refractivity contribution in [1.29, 1.82) is 0 Å². The summed E-state index contributed by atoms with van der Waals surface area (Å²) in [6.07, 6.45) is 1.31. The van der Waals surface area contributed by atoms with E-state index in [2.05, 4.69) is 4.98 Å². The smallest absolute Gasteiger partial charge is 0.305 e. The summed E-state index contributed by atoms with van der Waals surface area (Å²) >= 11 is 1.46. The third kappa shape index (κ3) is 3.15. The number of fused-ring (bicyclic) bond motifs is 1. The Bertz CT molecular complexity index is 1020. The highest BCUT2D eigenvalue weighted by atomic mass is 32.1. The topological polar surface area (TPSA) is 81.4 Å². The Kier molecular flexibility index (Phi) is 4.59. The van der Waals surface area contributed by atoms with Crippen LogP contribution in [-0.2, 0) is 11.3 Å². The number of nitrogens with zero attached hydrogens (tertiary/aromatic N) is 2. The maximum Gasteiger partial charge on any atom is 0.305 e. The summed E-state index contributed by atoms with van der Waals surface area (Å²) in [5.74, 6) is -0.155. The fourth-order valence-electron chi connectivity index (χ4n) is 2.89. The molecule has 1 aromatic carbocycles. The fourth-order valence-corrected chi connectivity index (χ4v) is 3.90. The molecule has 7 heteroatoms. The standard InChI is InChI=1S/C18H18N2O4S/c1-10-8-12(4-5-13(10)24-3)15-11(2)25-17-16(15)18(23)20(9-19-17)7-6-14(21)22/h4-5,8-9H,6-7H2,1-3H3,(H,21,22). The number of aryl methyl sites for hydroxylation is 3. The van der Waals surface area contributed by atoms with Gasteiger partial charge in [-0.05, 0) is 37.1 Å². The van der Waals surface area contributed by atoms with E-state index < -0.39 is 5.97 Å². The number of carbonyl (C=O) groups is 1. The molecule has 0 aliphatic carbocycles. The number of ether oxygens (including phenoxy) is 1. The zero-order valence-electron chi connectivity index (χ0n) is 14.2. The largest absolute Gasteiger partial charge is 0.496 e. The second kappa shape index (κ2) is 6.68. The summed E-state index contributed by atoms with van der Waals surface area (Å²) in [7, 11) is 1.62. The Morgan fingerprint density at radius 3 is 2.76 bits per heavy atom. The van der Waals surface area contributed by atoms with Crippen LogP contribution in [0.4, 0.5) is 0 Å². The molecular formula is C18H18N2O4S. The van der Waals surface area contributed by atoms with Crippen LogP contribution in [0.15, 0.2) is 29.3 Å². The van der Waals surface area contributed by atoms with E-state index in [4.69, 9.17) is 9.84 Å². The number of carboxylic acid groups (broad SMARTS) is 1. The van der Waals surface area contributed by atoms with Crippen molar-refractivity contribution < 1.29 is 14.6 Å². The van der Waals surface area contributed by atoms with E-state index in [0.717, 1.165) is 27.3 Å². The van der Waals surface area contributed by atoms with Crippen LogP contribution < -0.4 is 10.3 Å². The van der Waals surface area contributed by atoms with Gasteiger partial charge in [0.05, 0.1) is 25.2 Å². The lowest BCUT2D eigenvalue weighted by Crippen LogP contribution is -2.21. The molecule has 2 aromatic heterocycles. The molecule has 0 saturated carbocycles. The second-order valence-corrected chi connectivity index (χ2v) is 6.99. The molecule has 6 nitrogen and oxygen atoms in total. The van der Waals surface area contributed by atoms with Gasteiger partial charge in [0.2, 0.25) is 0 Å². The predicted octanol–water partition coefficient (Wildman–Crippen LogP) is 3.23. The number of aromatic nitrogens is 2. The molecule has 0 fully saturated rings. The van der Waals surface area contributed by atoms with Gasteiger partial charge in [-0.25, -0.2) is 4.98 Å². The first-order valence-corrected chi connectivity index (χ1v) is 8.59. The minimum absolute atomic E-state index is 0.104. The Labute approximate surface area is 148 Å². The van der Waals surface area contributed by atoms with E-state index in [1.807, 2.05) is 32.0 Å². The normalized spacial score (nSPS) is 11.0. The van der Waals surface area contributed by atoms with Crippen molar-refractivity contribution in [3.63, 3.8) is 0 Å². The SMILES string of the molecule is COc1ccc(-c2c(C)sc3ncn(CCC(=O)O)c(=O)c23)cc1C. The molecule has 2 heterocycles. The van der Waals surface area contributed by atoms with Gasteiger partial charge in [-0.2, -0.15) is 0 Å². The first kappa shape index (κ1) is 17.2. The van der Waals surface area contributed by atoms with Crippen LogP contribution in [0.3, 0.4) is 0 Å². The molecular weight excluding hydrogens is 340 g/mol. The molecule has 0 spiro atoms. The van der Waals surface area contributed by atoms with Crippen LogP contribution >= 0.6 is 11.3 Å². The highest BCUT2D eigenvalue weighted by Crippen LogP contribution is 2.37. The lowest BCUT2D eigenvalue weighted by atomic mass is 10.0. The van der Waals surface area contributed by atoms with Gasteiger partial charge in [0, 0.05) is 17.0 Å². The number of benzene rings is 1. The van der Waals surface area contributed by atoms with Crippen molar-refractivity contribution in [2.24, 2.45) is 0 Å². The quantitative estimate of drug-likeness (QED) is 0.757. The second-order valence-electron chi connectivity index (χ2n) is 5.78. The molecule has 130 valence electrons. The summed E-state index contributed by atoms with van der Waals surface area (Å²) in [5.41, 5.74) is 2.55. The van der Waals surface area contributed by atoms with Gasteiger partial charge in [-0.3, -0.25) is 14.2 Å². The van der Waals surface area contributed by atoms with Gasteiger partial charge in [0.1, 0.15) is 10.6 Å². The van der Waals surface area contributed by atoms with E-state index in [9.17, 15) is 9.59 Å². The Hall–Kier alpha value is -2.67. The third-order valence-electron chi connectivity index (χ3n) is 4.10. The Balaban J connectivity index is 2.19. The molecule has 25 heavy (non-hydrogen) atoms. The van der Waals surface area contributed by atoms with Crippen molar-refractivity contribution in [2.75, 3.05) is 7.11 Å². The number of carboxylic acids is 1. The molecule has 3 aromatic rings. The van der Waals surface area contributed by atoms with E-state index >= 15 is 0 Å². The van der Waals surface area contributed by atoms with E-state index in [-0.39, 0.29) is 18.5 Å². The van der Waals surface area contributed by atoms with Crippen LogP contribution in [0.2, 0.25) is 0 Å². The van der Waals surface area contributed by atoms with Crippen LogP contribution in [-0.4, -0.2) is 27.7 Å². The van der Waals surface area contributed by atoms with E-state index in [1.165, 1.54) is 22.2 Å². The third-order valence-corrected chi connectivity index (χ3v) is 5.12. The van der Waals surface area contributed by atoms with E-state index in [1.54, 1.807) is 7.11 Å². The molecule has 0 aliphatic heterocycles. The zero-order chi connectivity index (χ0) is 18.1. The van der Waals surface area contributed by atoms with Gasteiger partial charge in [0.25, 0.3) is 5.56 Å². The Morgan fingerprint density at radius 2 is 2.12 bits per heavy atom. The van der Waals surface area contributed by atoms with E-state index in [0.29, 0.717) is 10.2 Å². The van der Waals surface area contributed by atoms with Gasteiger partial charge in [-0.1, -0.05) is 6.07 Å². The minimum atomic E-state index is -0.945. The first-order valence-electron chi connectivity index (χ1n) is 7.77. The molecule has 1 N–H and O–H groups in total. The zero-order valence-corrected chi connectivity index (χ0v) is 15.0. The van der Waals surface area contributed by atoms with Crippen molar-refractivity contribution in [2.45, 2.75) is 26.8 Å². The summed E-state index contributed by atoms with van der Waals surface area (Å²) < 4.78 is 6.66. The highest BCUT2D eigenvalue weighted by Gasteiger charge is 2.17. The van der Waals surface area contributed by atoms with Crippen LogP contribution in [0.1, 0.15) is 16.9 Å². The number of hydrogen-bond donors (Lipinski definition) is 1. The van der Waals surface area contributed by atoms with Gasteiger partial charge < -0.3 is 9.84 Å². The van der Waals surface area contributed by atoms with Crippen LogP contribution in [0.25, 0.3) is 21.3 Å². The first-order chi connectivity index (χ1) is 11.9. The van der Waals surface area contributed by atoms with Gasteiger partial charge in [0.15, 0.2) is 0 Å². The molecule has 0 unspecified atom stereocenters. The molecule has 0 saturated heterocycles. The maximum absolute atomic E-state index is 12.9. The number of hydrogen-bond acceptors (Lipinski definition) is 5. The van der Waals surface area contributed by atoms with Crippen molar-refractivity contribution in [1.82, 2.24) is 9.55 Å². The number of rotatable bonds is 5. The number of aliphatic carboxylic acids is 1. The molecule has 0 aliphatic rings. The lowest BCUT2D eigenvalue weighted by Gasteiger charge is -2.08. The summed E-state index contributed by atoms with van der Waals surface area (Å²) in [4.78, 5) is 29.7. The van der Waals surface area contributed by atoms with Crippen molar-refractivity contribution in [3.8, 4) is 16.9 Å². The maximum atomic E-state index is 12.9. The summed E-state index contributed by atoms with van der Waals surface area (Å²) in [6.45, 7) is 4.02. The average molecular weight is 358 g/mol.